The van der Waals surface area contributed by atoms with Crippen LogP contribution in [-0.4, -0.2) is 6.61 Å². The molecule has 0 spiro atoms. The SMILES string of the molecule is CCCCCCCCCCOc1ccc(C(C)(C)C)s1. The van der Waals surface area contributed by atoms with Crippen LogP contribution in [0.5, 0.6) is 5.06 Å². The van der Waals surface area contributed by atoms with Crippen molar-refractivity contribution in [2.75, 3.05) is 6.61 Å². The van der Waals surface area contributed by atoms with E-state index in [0.717, 1.165) is 11.7 Å². The second kappa shape index (κ2) is 9.44. The van der Waals surface area contributed by atoms with Crippen molar-refractivity contribution in [1.82, 2.24) is 0 Å². The molecule has 2 heteroatoms. The Balaban J connectivity index is 2.03. The maximum Gasteiger partial charge on any atom is 0.173 e. The normalized spacial score (nSPS) is 11.8. The third-order valence-electron chi connectivity index (χ3n) is 3.56. The first kappa shape index (κ1) is 17.6. The zero-order valence-corrected chi connectivity index (χ0v) is 14.7. The average Bonchev–Trinajstić information content (AvgIpc) is 2.85. The predicted octanol–water partition coefficient (Wildman–Crippen LogP) is 6.57. The lowest BCUT2D eigenvalue weighted by atomic mass is 9.95. The molecule has 0 aliphatic rings. The van der Waals surface area contributed by atoms with Crippen LogP contribution in [0.4, 0.5) is 0 Å². The number of hydrogen-bond acceptors (Lipinski definition) is 2. The highest BCUT2D eigenvalue weighted by molar-refractivity contribution is 7.14. The topological polar surface area (TPSA) is 9.23 Å². The van der Waals surface area contributed by atoms with Crippen molar-refractivity contribution >= 4 is 11.3 Å². The monoisotopic (exact) mass is 296 g/mol. The fraction of sp³-hybridized carbons (Fsp3) is 0.778. The van der Waals surface area contributed by atoms with Crippen LogP contribution in [-0.2, 0) is 5.41 Å². The summed E-state index contributed by atoms with van der Waals surface area (Å²) in [7, 11) is 0. The van der Waals surface area contributed by atoms with Gasteiger partial charge in [-0.05, 0) is 24.0 Å². The molecule has 0 saturated carbocycles. The molecule has 1 heterocycles. The van der Waals surface area contributed by atoms with E-state index in [4.69, 9.17) is 4.74 Å². The molecule has 0 N–H and O–H groups in total. The molecule has 0 bridgehead atoms. The highest BCUT2D eigenvalue weighted by Crippen LogP contribution is 2.33. The van der Waals surface area contributed by atoms with Gasteiger partial charge in [-0.3, -0.25) is 0 Å². The number of hydrogen-bond donors (Lipinski definition) is 0. The average molecular weight is 297 g/mol. The van der Waals surface area contributed by atoms with E-state index in [2.05, 4.69) is 39.8 Å². The molecule has 1 aromatic rings. The van der Waals surface area contributed by atoms with E-state index >= 15 is 0 Å². The second-order valence-electron chi connectivity index (χ2n) is 6.69. The first-order valence-corrected chi connectivity index (χ1v) is 9.09. The van der Waals surface area contributed by atoms with Gasteiger partial charge in [-0.1, -0.05) is 72.6 Å². The quantitative estimate of drug-likeness (QED) is 0.444. The Labute approximate surface area is 129 Å². The molecule has 1 nitrogen and oxygen atoms in total. The van der Waals surface area contributed by atoms with Crippen molar-refractivity contribution in [3.8, 4) is 5.06 Å². The van der Waals surface area contributed by atoms with Gasteiger partial charge in [0.1, 0.15) is 0 Å². The Morgan fingerprint density at radius 3 is 2.05 bits per heavy atom. The first-order valence-electron chi connectivity index (χ1n) is 8.27. The smallest absolute Gasteiger partial charge is 0.173 e. The van der Waals surface area contributed by atoms with Gasteiger partial charge >= 0.3 is 0 Å². The molecule has 20 heavy (non-hydrogen) atoms. The third kappa shape index (κ3) is 7.33. The van der Waals surface area contributed by atoms with Gasteiger partial charge in [-0.15, -0.1) is 11.3 Å². The van der Waals surface area contributed by atoms with Crippen molar-refractivity contribution < 1.29 is 4.74 Å². The van der Waals surface area contributed by atoms with E-state index < -0.39 is 0 Å². The van der Waals surface area contributed by atoms with Crippen molar-refractivity contribution in [3.63, 3.8) is 0 Å². The fourth-order valence-electron chi connectivity index (χ4n) is 2.21. The summed E-state index contributed by atoms with van der Waals surface area (Å²) in [6.07, 6.45) is 10.8. The van der Waals surface area contributed by atoms with Crippen LogP contribution in [0.2, 0.25) is 0 Å². The Morgan fingerprint density at radius 1 is 0.900 bits per heavy atom. The molecule has 1 aromatic heterocycles. The Morgan fingerprint density at radius 2 is 1.50 bits per heavy atom. The van der Waals surface area contributed by atoms with Crippen LogP contribution in [0.3, 0.4) is 0 Å². The van der Waals surface area contributed by atoms with Crippen LogP contribution in [0.1, 0.15) is 83.9 Å². The Kier molecular flexibility index (Phi) is 8.28. The molecule has 0 aliphatic carbocycles. The van der Waals surface area contributed by atoms with Crippen molar-refractivity contribution in [2.24, 2.45) is 0 Å². The van der Waals surface area contributed by atoms with E-state index in [-0.39, 0.29) is 5.41 Å². The molecular weight excluding hydrogens is 264 g/mol. The molecule has 0 saturated heterocycles. The summed E-state index contributed by atoms with van der Waals surface area (Å²) >= 11 is 1.79. The minimum atomic E-state index is 0.241. The Bertz CT molecular complexity index is 349. The highest BCUT2D eigenvalue weighted by atomic mass is 32.1. The zero-order chi connectivity index (χ0) is 14.8. The van der Waals surface area contributed by atoms with E-state index in [1.165, 1.54) is 56.2 Å². The summed E-state index contributed by atoms with van der Waals surface area (Å²) in [5, 5.41) is 1.08. The molecule has 0 radical (unpaired) electrons. The number of ether oxygens (including phenoxy) is 1. The van der Waals surface area contributed by atoms with Gasteiger partial charge in [0.2, 0.25) is 0 Å². The van der Waals surface area contributed by atoms with Gasteiger partial charge in [-0.2, -0.15) is 0 Å². The minimum absolute atomic E-state index is 0.241. The summed E-state index contributed by atoms with van der Waals surface area (Å²) in [6.45, 7) is 9.90. The summed E-state index contributed by atoms with van der Waals surface area (Å²) < 4.78 is 5.85. The zero-order valence-electron chi connectivity index (χ0n) is 13.8. The molecule has 0 amide bonds. The van der Waals surface area contributed by atoms with Crippen LogP contribution < -0.4 is 4.74 Å². The minimum Gasteiger partial charge on any atom is -0.484 e. The second-order valence-corrected chi connectivity index (χ2v) is 7.74. The van der Waals surface area contributed by atoms with Crippen molar-refractivity contribution in [2.45, 2.75) is 84.5 Å². The lowest BCUT2D eigenvalue weighted by Gasteiger charge is -2.15. The number of rotatable bonds is 10. The molecule has 0 aromatic carbocycles. The van der Waals surface area contributed by atoms with Gasteiger partial charge in [0.25, 0.3) is 0 Å². The highest BCUT2D eigenvalue weighted by Gasteiger charge is 2.16. The molecular formula is C18H32OS. The van der Waals surface area contributed by atoms with Gasteiger partial charge in [0.05, 0.1) is 6.61 Å². The van der Waals surface area contributed by atoms with Gasteiger partial charge in [0.15, 0.2) is 5.06 Å². The summed E-state index contributed by atoms with van der Waals surface area (Å²) in [6, 6.07) is 4.32. The van der Waals surface area contributed by atoms with Crippen LogP contribution in [0, 0.1) is 0 Å². The fourth-order valence-corrected chi connectivity index (χ4v) is 3.15. The maximum absolute atomic E-state index is 5.85. The lowest BCUT2D eigenvalue weighted by molar-refractivity contribution is 0.312. The summed E-state index contributed by atoms with van der Waals surface area (Å²) in [5.41, 5.74) is 0.241. The first-order chi connectivity index (χ1) is 9.54. The van der Waals surface area contributed by atoms with Crippen LogP contribution in [0.25, 0.3) is 0 Å². The van der Waals surface area contributed by atoms with Gasteiger partial charge in [-0.25, -0.2) is 0 Å². The Hall–Kier alpha value is -0.500. The molecule has 0 fully saturated rings. The molecule has 0 unspecified atom stereocenters. The van der Waals surface area contributed by atoms with E-state index in [9.17, 15) is 0 Å². The van der Waals surface area contributed by atoms with Crippen LogP contribution >= 0.6 is 11.3 Å². The number of unbranched alkanes of at least 4 members (excludes halogenated alkanes) is 7. The molecule has 0 atom stereocenters. The van der Waals surface area contributed by atoms with Gasteiger partial charge in [0, 0.05) is 4.88 Å². The standard InChI is InChI=1S/C18H32OS/c1-5-6-7-8-9-10-11-12-15-19-17-14-13-16(20-17)18(2,3)4/h13-14H,5-12,15H2,1-4H3. The predicted molar refractivity (Wildman–Crippen MR) is 91.1 cm³/mol. The van der Waals surface area contributed by atoms with Crippen LogP contribution in [0.15, 0.2) is 12.1 Å². The lowest BCUT2D eigenvalue weighted by Crippen LogP contribution is -2.07. The molecule has 1 rings (SSSR count). The van der Waals surface area contributed by atoms with Crippen molar-refractivity contribution in [3.05, 3.63) is 17.0 Å². The maximum atomic E-state index is 5.85. The van der Waals surface area contributed by atoms with E-state index in [1.807, 2.05) is 0 Å². The van der Waals surface area contributed by atoms with Gasteiger partial charge < -0.3 is 4.74 Å². The van der Waals surface area contributed by atoms with E-state index in [0.29, 0.717) is 0 Å². The molecule has 0 aliphatic heterocycles. The number of thiophene rings is 1. The van der Waals surface area contributed by atoms with Crippen molar-refractivity contribution in [1.29, 1.82) is 0 Å². The summed E-state index contributed by atoms with van der Waals surface area (Å²) in [5.74, 6) is 0. The third-order valence-corrected chi connectivity index (χ3v) is 4.99. The summed E-state index contributed by atoms with van der Waals surface area (Å²) in [4.78, 5) is 1.41. The largest absolute Gasteiger partial charge is 0.484 e. The van der Waals surface area contributed by atoms with E-state index in [1.54, 1.807) is 11.3 Å². The molecule has 116 valence electrons.